The summed E-state index contributed by atoms with van der Waals surface area (Å²) in [6.45, 7) is 4.24. The van der Waals surface area contributed by atoms with E-state index >= 15 is 0 Å². The average molecular weight is 419 g/mol. The monoisotopic (exact) mass is 419 g/mol. The molecule has 0 aliphatic heterocycles. The summed E-state index contributed by atoms with van der Waals surface area (Å²) < 4.78 is 0. The second kappa shape index (κ2) is 13.0. The van der Waals surface area contributed by atoms with Crippen LogP contribution in [-0.4, -0.2) is 81.9 Å². The first-order valence-electron chi connectivity index (χ1n) is 9.38. The van der Waals surface area contributed by atoms with Gasteiger partial charge in [-0.1, -0.05) is 0 Å². The number of carboxylic acids is 1. The van der Waals surface area contributed by atoms with E-state index in [9.17, 15) is 29.4 Å². The number of rotatable bonds is 13. The van der Waals surface area contributed by atoms with E-state index in [0.29, 0.717) is 19.4 Å². The summed E-state index contributed by atoms with van der Waals surface area (Å²) in [5.41, 5.74) is 10.9. The molecular weight excluding hydrogens is 386 g/mol. The van der Waals surface area contributed by atoms with Crippen LogP contribution in [0.25, 0.3) is 0 Å². The number of aliphatic carboxylic acids is 1. The molecule has 10 N–H and O–H groups in total. The van der Waals surface area contributed by atoms with Crippen molar-refractivity contribution >= 4 is 23.7 Å². The summed E-state index contributed by atoms with van der Waals surface area (Å²) in [7, 11) is 0. The second-order valence-electron chi connectivity index (χ2n) is 6.93. The number of hydrogen-bond donors (Lipinski definition) is 8. The minimum Gasteiger partial charge on any atom is -0.480 e. The minimum atomic E-state index is -1.57. The number of hydrogen-bond acceptors (Lipinski definition) is 8. The van der Waals surface area contributed by atoms with Crippen LogP contribution in [0.5, 0.6) is 0 Å². The van der Waals surface area contributed by atoms with Crippen LogP contribution in [-0.2, 0) is 19.2 Å². The van der Waals surface area contributed by atoms with Crippen LogP contribution in [0.2, 0.25) is 0 Å². The van der Waals surface area contributed by atoms with Crippen LogP contribution in [0.15, 0.2) is 0 Å². The Labute approximate surface area is 169 Å². The number of nitrogens with one attached hydrogen (secondary N) is 3. The van der Waals surface area contributed by atoms with Crippen LogP contribution >= 0.6 is 0 Å². The number of carboxylic acid groups (broad SMARTS) is 1. The highest BCUT2D eigenvalue weighted by Gasteiger charge is 2.32. The van der Waals surface area contributed by atoms with Crippen molar-refractivity contribution in [3.05, 3.63) is 0 Å². The van der Waals surface area contributed by atoms with E-state index in [1.807, 2.05) is 0 Å². The maximum absolute atomic E-state index is 12.5. The zero-order valence-corrected chi connectivity index (χ0v) is 16.9. The van der Waals surface area contributed by atoms with E-state index in [-0.39, 0.29) is 6.42 Å². The Morgan fingerprint density at radius 2 is 1.34 bits per heavy atom. The van der Waals surface area contributed by atoms with Gasteiger partial charge in [-0.2, -0.15) is 0 Å². The van der Waals surface area contributed by atoms with Gasteiger partial charge in [0.15, 0.2) is 6.04 Å². The number of carbonyl (C=O) groups is 4. The van der Waals surface area contributed by atoms with Gasteiger partial charge in [-0.05, 0) is 46.6 Å². The molecule has 0 bridgehead atoms. The van der Waals surface area contributed by atoms with Crippen molar-refractivity contribution in [3.8, 4) is 0 Å². The molecule has 6 unspecified atom stereocenters. The van der Waals surface area contributed by atoms with E-state index in [4.69, 9.17) is 16.6 Å². The summed E-state index contributed by atoms with van der Waals surface area (Å²) in [6.07, 6.45) is -1.51. The number of aliphatic hydroxyl groups excluding tert-OH is 2. The smallest absolute Gasteiger partial charge is 0.328 e. The Hall–Kier alpha value is -2.28. The molecule has 168 valence electrons. The molecule has 0 rings (SSSR count). The van der Waals surface area contributed by atoms with Crippen molar-refractivity contribution in [2.45, 2.75) is 76.4 Å². The first kappa shape index (κ1) is 26.7. The summed E-state index contributed by atoms with van der Waals surface area (Å²) in [5.74, 6) is -3.78. The number of carbonyl (C=O) groups excluding carboxylic acids is 3. The van der Waals surface area contributed by atoms with Gasteiger partial charge in [0.25, 0.3) is 0 Å². The Morgan fingerprint density at radius 3 is 1.76 bits per heavy atom. The van der Waals surface area contributed by atoms with Crippen LogP contribution < -0.4 is 27.4 Å². The predicted molar refractivity (Wildman–Crippen MR) is 103 cm³/mol. The highest BCUT2D eigenvalue weighted by atomic mass is 16.4. The van der Waals surface area contributed by atoms with Gasteiger partial charge in [0.05, 0.1) is 18.2 Å². The molecule has 0 saturated carbocycles. The summed E-state index contributed by atoms with van der Waals surface area (Å²) in [6, 6.07) is -5.02. The zero-order valence-electron chi connectivity index (χ0n) is 16.9. The first-order valence-corrected chi connectivity index (χ1v) is 9.38. The van der Waals surface area contributed by atoms with Crippen molar-refractivity contribution in [3.63, 3.8) is 0 Å². The Kier molecular flexibility index (Phi) is 12.0. The first-order chi connectivity index (χ1) is 13.4. The third kappa shape index (κ3) is 9.65. The van der Waals surface area contributed by atoms with Crippen LogP contribution in [0.4, 0.5) is 0 Å². The quantitative estimate of drug-likeness (QED) is 0.140. The minimum absolute atomic E-state index is 0.134. The Morgan fingerprint density at radius 1 is 0.828 bits per heavy atom. The van der Waals surface area contributed by atoms with Crippen molar-refractivity contribution < 1.29 is 34.5 Å². The van der Waals surface area contributed by atoms with Gasteiger partial charge < -0.3 is 42.7 Å². The molecule has 0 aliphatic rings. The molecule has 12 heteroatoms. The number of nitrogens with two attached hydrogens (primary N) is 2. The van der Waals surface area contributed by atoms with Gasteiger partial charge in [-0.25, -0.2) is 4.79 Å². The molecule has 0 aromatic heterocycles. The molecule has 0 spiro atoms. The second-order valence-corrected chi connectivity index (χ2v) is 6.93. The fourth-order valence-electron chi connectivity index (χ4n) is 2.36. The normalized spacial score (nSPS) is 17.2. The lowest BCUT2D eigenvalue weighted by molar-refractivity contribution is -0.145. The van der Waals surface area contributed by atoms with Gasteiger partial charge in [0, 0.05) is 0 Å². The van der Waals surface area contributed by atoms with E-state index in [1.54, 1.807) is 0 Å². The molecule has 3 amide bonds. The van der Waals surface area contributed by atoms with Crippen molar-refractivity contribution in [2.24, 2.45) is 11.5 Å². The third-order valence-corrected chi connectivity index (χ3v) is 4.10. The van der Waals surface area contributed by atoms with E-state index in [1.165, 1.54) is 20.8 Å². The summed E-state index contributed by atoms with van der Waals surface area (Å²) in [5, 5.41) is 35.3. The summed E-state index contributed by atoms with van der Waals surface area (Å²) in [4.78, 5) is 48.0. The molecule has 0 fully saturated rings. The Balaban J connectivity index is 5.36. The van der Waals surface area contributed by atoms with Gasteiger partial charge >= 0.3 is 5.97 Å². The van der Waals surface area contributed by atoms with Crippen molar-refractivity contribution in [1.29, 1.82) is 0 Å². The molecular formula is C17H33N5O7. The average Bonchev–Trinajstić information content (AvgIpc) is 2.61. The maximum atomic E-state index is 12.5. The lowest BCUT2D eigenvalue weighted by atomic mass is 10.1. The fraction of sp³-hybridized carbons (Fsp3) is 0.765. The van der Waals surface area contributed by atoms with E-state index < -0.39 is 60.1 Å². The van der Waals surface area contributed by atoms with Crippen LogP contribution in [0.1, 0.15) is 40.0 Å². The highest BCUT2D eigenvalue weighted by molar-refractivity contribution is 5.94. The highest BCUT2D eigenvalue weighted by Crippen LogP contribution is 2.05. The molecule has 12 nitrogen and oxygen atoms in total. The largest absolute Gasteiger partial charge is 0.480 e. The van der Waals surface area contributed by atoms with Crippen molar-refractivity contribution in [1.82, 2.24) is 16.0 Å². The van der Waals surface area contributed by atoms with Gasteiger partial charge in [0.2, 0.25) is 17.7 Å². The van der Waals surface area contributed by atoms with Gasteiger partial charge in [0.1, 0.15) is 12.1 Å². The number of amides is 3. The standard InChI is InChI=1S/C17H33N5O7/c1-8(19)14(25)21-12(9(2)23)16(27)20-11(6-4-5-7-18)15(26)22-13(10(3)24)17(28)29/h8-13,23-24H,4-7,18-19H2,1-3H3,(H,20,27)(H,21,25)(H,22,26)(H,28,29). The van der Waals surface area contributed by atoms with Crippen molar-refractivity contribution in [2.75, 3.05) is 6.54 Å². The van der Waals surface area contributed by atoms with E-state index in [0.717, 1.165) is 0 Å². The Bertz CT molecular complexity index is 568. The molecule has 6 atom stereocenters. The zero-order chi connectivity index (χ0) is 22.7. The molecule has 29 heavy (non-hydrogen) atoms. The number of aliphatic hydroxyl groups is 2. The lowest BCUT2D eigenvalue weighted by Crippen LogP contribution is -2.60. The topological polar surface area (TPSA) is 217 Å². The SMILES string of the molecule is CC(N)C(=O)NC(C(=O)NC(CCCCN)C(=O)NC(C(=O)O)C(C)O)C(C)O. The van der Waals surface area contributed by atoms with E-state index in [2.05, 4.69) is 16.0 Å². The molecule has 0 heterocycles. The molecule has 0 aromatic rings. The van der Waals surface area contributed by atoms with Gasteiger partial charge in [-0.3, -0.25) is 14.4 Å². The molecule has 0 aliphatic carbocycles. The summed E-state index contributed by atoms with van der Waals surface area (Å²) >= 11 is 0. The molecule has 0 aromatic carbocycles. The maximum Gasteiger partial charge on any atom is 0.328 e. The molecule has 0 saturated heterocycles. The van der Waals surface area contributed by atoms with Gasteiger partial charge in [-0.15, -0.1) is 0 Å². The van der Waals surface area contributed by atoms with Crippen LogP contribution in [0, 0.1) is 0 Å². The molecule has 0 radical (unpaired) electrons. The number of unbranched alkanes of at least 4 members (excludes halogenated alkanes) is 1. The lowest BCUT2D eigenvalue weighted by Gasteiger charge is -2.26. The predicted octanol–water partition coefficient (Wildman–Crippen LogP) is -3.24. The fourth-order valence-corrected chi connectivity index (χ4v) is 2.36. The van der Waals surface area contributed by atoms with Crippen LogP contribution in [0.3, 0.4) is 0 Å². The third-order valence-electron chi connectivity index (χ3n) is 4.10.